The molecule has 0 saturated heterocycles. The average Bonchev–Trinajstić information content (AvgIpc) is 2.17. The molecular formula is C10H14BNO3. The van der Waals surface area contributed by atoms with Gasteiger partial charge in [-0.15, -0.1) is 0 Å². The van der Waals surface area contributed by atoms with E-state index < -0.39 is 13.1 Å². The van der Waals surface area contributed by atoms with Gasteiger partial charge in [0.05, 0.1) is 5.94 Å². The van der Waals surface area contributed by atoms with Gasteiger partial charge in [0.25, 0.3) is 0 Å². The van der Waals surface area contributed by atoms with Crippen molar-refractivity contribution in [2.24, 2.45) is 0 Å². The highest BCUT2D eigenvalue weighted by molar-refractivity contribution is 6.43. The van der Waals surface area contributed by atoms with Gasteiger partial charge in [0.15, 0.2) is 0 Å². The molecule has 0 radical (unpaired) electrons. The summed E-state index contributed by atoms with van der Waals surface area (Å²) in [6.07, 6.45) is 0.401. The topological polar surface area (TPSA) is 69.6 Å². The van der Waals surface area contributed by atoms with Gasteiger partial charge in [-0.1, -0.05) is 30.3 Å². The Morgan fingerprint density at radius 1 is 1.40 bits per heavy atom. The van der Waals surface area contributed by atoms with Crippen LogP contribution in [0.15, 0.2) is 30.3 Å². The molecule has 3 N–H and O–H groups in total. The van der Waals surface area contributed by atoms with Crippen LogP contribution in [0.1, 0.15) is 12.5 Å². The minimum atomic E-state index is -1.55. The zero-order chi connectivity index (χ0) is 11.3. The third kappa shape index (κ3) is 4.14. The fraction of sp³-hybridized carbons (Fsp3) is 0.300. The molecule has 1 aromatic rings. The van der Waals surface area contributed by atoms with Crippen LogP contribution >= 0.6 is 0 Å². The molecule has 0 aromatic heterocycles. The Hall–Kier alpha value is -1.33. The first-order chi connectivity index (χ1) is 7.09. The van der Waals surface area contributed by atoms with Gasteiger partial charge in [-0.05, 0) is 12.0 Å². The summed E-state index contributed by atoms with van der Waals surface area (Å²) in [7, 11) is -1.55. The Morgan fingerprint density at radius 2 is 2.00 bits per heavy atom. The summed E-state index contributed by atoms with van der Waals surface area (Å²) >= 11 is 0. The standard InChI is InChI=1S/C10H14BNO3/c1-8(13)12-10(11(14)15)7-9-5-3-2-4-6-9/h2-6,10,14-15H,7H2,1H3,(H,12,13). The summed E-state index contributed by atoms with van der Waals surface area (Å²) in [6, 6.07) is 9.36. The number of amides is 1. The molecule has 0 heterocycles. The average molecular weight is 207 g/mol. The molecule has 1 aromatic carbocycles. The molecule has 1 unspecified atom stereocenters. The van der Waals surface area contributed by atoms with Crippen LogP contribution in [0.5, 0.6) is 0 Å². The predicted octanol–water partition coefficient (Wildman–Crippen LogP) is -0.254. The Morgan fingerprint density at radius 3 is 2.47 bits per heavy atom. The molecule has 0 aliphatic rings. The van der Waals surface area contributed by atoms with Crippen LogP contribution in [-0.2, 0) is 11.2 Å². The molecule has 1 rings (SSSR count). The fourth-order valence-corrected chi connectivity index (χ4v) is 1.36. The molecule has 5 heteroatoms. The molecule has 0 aliphatic heterocycles. The van der Waals surface area contributed by atoms with E-state index in [1.807, 2.05) is 30.3 Å². The first-order valence-electron chi connectivity index (χ1n) is 4.77. The molecule has 0 bridgehead atoms. The van der Waals surface area contributed by atoms with E-state index in [2.05, 4.69) is 5.32 Å². The highest BCUT2D eigenvalue weighted by atomic mass is 16.4. The van der Waals surface area contributed by atoms with Gasteiger partial charge in [-0.25, -0.2) is 0 Å². The van der Waals surface area contributed by atoms with Crippen molar-refractivity contribution in [2.75, 3.05) is 0 Å². The molecule has 15 heavy (non-hydrogen) atoms. The van der Waals surface area contributed by atoms with Crippen molar-refractivity contribution < 1.29 is 14.8 Å². The lowest BCUT2D eigenvalue weighted by atomic mass is 9.76. The summed E-state index contributed by atoms with van der Waals surface area (Å²) in [6.45, 7) is 1.35. The fourth-order valence-electron chi connectivity index (χ4n) is 1.36. The van der Waals surface area contributed by atoms with E-state index in [-0.39, 0.29) is 5.91 Å². The zero-order valence-corrected chi connectivity index (χ0v) is 8.55. The molecule has 0 spiro atoms. The van der Waals surface area contributed by atoms with Crippen LogP contribution in [0, 0.1) is 0 Å². The lowest BCUT2D eigenvalue weighted by Crippen LogP contribution is -2.47. The molecule has 1 atom stereocenters. The third-order valence-electron chi connectivity index (χ3n) is 2.05. The number of nitrogens with one attached hydrogen (secondary N) is 1. The molecule has 0 aliphatic carbocycles. The molecular weight excluding hydrogens is 193 g/mol. The lowest BCUT2D eigenvalue weighted by molar-refractivity contribution is -0.119. The number of hydrogen-bond donors (Lipinski definition) is 3. The van der Waals surface area contributed by atoms with Crippen molar-refractivity contribution in [3.05, 3.63) is 35.9 Å². The molecule has 80 valence electrons. The van der Waals surface area contributed by atoms with Crippen molar-refractivity contribution in [3.63, 3.8) is 0 Å². The van der Waals surface area contributed by atoms with E-state index in [0.717, 1.165) is 5.56 Å². The maximum absolute atomic E-state index is 10.8. The Kier molecular flexibility index (Phi) is 4.33. The zero-order valence-electron chi connectivity index (χ0n) is 8.55. The second-order valence-corrected chi connectivity index (χ2v) is 3.41. The first kappa shape index (κ1) is 11.7. The quantitative estimate of drug-likeness (QED) is 0.596. The van der Waals surface area contributed by atoms with Gasteiger partial charge in [-0.2, -0.15) is 0 Å². The van der Waals surface area contributed by atoms with E-state index in [1.165, 1.54) is 6.92 Å². The van der Waals surface area contributed by atoms with Crippen molar-refractivity contribution in [3.8, 4) is 0 Å². The third-order valence-corrected chi connectivity index (χ3v) is 2.05. The van der Waals surface area contributed by atoms with Gasteiger partial charge in [0, 0.05) is 6.92 Å². The van der Waals surface area contributed by atoms with E-state index in [0.29, 0.717) is 6.42 Å². The molecule has 0 saturated carbocycles. The van der Waals surface area contributed by atoms with Crippen molar-refractivity contribution in [1.82, 2.24) is 5.32 Å². The van der Waals surface area contributed by atoms with E-state index in [9.17, 15) is 4.79 Å². The molecule has 4 nitrogen and oxygen atoms in total. The second kappa shape index (κ2) is 5.53. The Bertz CT molecular complexity index is 316. The summed E-state index contributed by atoms with van der Waals surface area (Å²) in [5, 5.41) is 20.6. The highest BCUT2D eigenvalue weighted by Gasteiger charge is 2.24. The first-order valence-corrected chi connectivity index (χ1v) is 4.77. The van der Waals surface area contributed by atoms with Gasteiger partial charge >= 0.3 is 7.12 Å². The molecule has 1 amide bonds. The van der Waals surface area contributed by atoms with Crippen molar-refractivity contribution >= 4 is 13.0 Å². The SMILES string of the molecule is CC(=O)NC(Cc1ccccc1)B(O)O. The normalized spacial score (nSPS) is 11.9. The lowest BCUT2D eigenvalue weighted by Gasteiger charge is -2.16. The van der Waals surface area contributed by atoms with Crippen LogP contribution in [0.25, 0.3) is 0 Å². The van der Waals surface area contributed by atoms with Crippen LogP contribution < -0.4 is 5.32 Å². The number of hydrogen-bond acceptors (Lipinski definition) is 3. The van der Waals surface area contributed by atoms with E-state index in [4.69, 9.17) is 10.0 Å². The minimum Gasteiger partial charge on any atom is -0.426 e. The summed E-state index contributed by atoms with van der Waals surface area (Å²) in [4.78, 5) is 10.8. The smallest absolute Gasteiger partial charge is 0.426 e. The Balaban J connectivity index is 2.63. The predicted molar refractivity (Wildman–Crippen MR) is 57.9 cm³/mol. The van der Waals surface area contributed by atoms with Crippen LogP contribution in [0.2, 0.25) is 0 Å². The Labute approximate surface area is 89.1 Å². The second-order valence-electron chi connectivity index (χ2n) is 3.41. The van der Waals surface area contributed by atoms with E-state index in [1.54, 1.807) is 0 Å². The number of carbonyl (C=O) groups excluding carboxylic acids is 1. The molecule has 0 fully saturated rings. The summed E-state index contributed by atoms with van der Waals surface area (Å²) in [5.74, 6) is -0.936. The van der Waals surface area contributed by atoms with Crippen LogP contribution in [-0.4, -0.2) is 29.0 Å². The monoisotopic (exact) mass is 207 g/mol. The number of carbonyl (C=O) groups is 1. The summed E-state index contributed by atoms with van der Waals surface area (Å²) < 4.78 is 0. The van der Waals surface area contributed by atoms with Gasteiger partial charge in [0.1, 0.15) is 0 Å². The minimum absolute atomic E-state index is 0.274. The van der Waals surface area contributed by atoms with Crippen LogP contribution in [0.3, 0.4) is 0 Å². The maximum atomic E-state index is 10.8. The van der Waals surface area contributed by atoms with Gasteiger partial charge < -0.3 is 15.4 Å². The van der Waals surface area contributed by atoms with Gasteiger partial charge in [0.2, 0.25) is 5.91 Å². The van der Waals surface area contributed by atoms with Crippen LogP contribution in [0.4, 0.5) is 0 Å². The number of benzene rings is 1. The van der Waals surface area contributed by atoms with Crippen molar-refractivity contribution in [2.45, 2.75) is 19.3 Å². The summed E-state index contributed by atoms with van der Waals surface area (Å²) in [5.41, 5.74) is 0.948. The van der Waals surface area contributed by atoms with Crippen molar-refractivity contribution in [1.29, 1.82) is 0 Å². The van der Waals surface area contributed by atoms with E-state index >= 15 is 0 Å². The highest BCUT2D eigenvalue weighted by Crippen LogP contribution is 2.03. The van der Waals surface area contributed by atoms with Gasteiger partial charge in [-0.3, -0.25) is 4.79 Å². The largest absolute Gasteiger partial charge is 0.475 e. The number of rotatable bonds is 4. The maximum Gasteiger partial charge on any atom is 0.475 e.